The van der Waals surface area contributed by atoms with Gasteiger partial charge < -0.3 is 10.8 Å². The fourth-order valence-corrected chi connectivity index (χ4v) is 0.464. The van der Waals surface area contributed by atoms with Crippen LogP contribution in [0.5, 0.6) is 0 Å². The van der Waals surface area contributed by atoms with E-state index in [1.165, 1.54) is 0 Å². The minimum atomic E-state index is -1.17. The molecule has 0 fully saturated rings. The summed E-state index contributed by atoms with van der Waals surface area (Å²) in [4.78, 5) is 17.1. The molecule has 1 aromatic rings. The molecule has 0 spiro atoms. The third kappa shape index (κ3) is 1.02. The molecule has 0 aromatic carbocycles. The van der Waals surface area contributed by atoms with Gasteiger partial charge >= 0.3 is 5.97 Å². The molecule has 0 saturated carbocycles. The Morgan fingerprint density at radius 3 is 2.90 bits per heavy atom. The van der Waals surface area contributed by atoms with Crippen molar-refractivity contribution in [3.63, 3.8) is 0 Å². The first kappa shape index (κ1) is 6.47. The van der Waals surface area contributed by atoms with Crippen molar-refractivity contribution >= 4 is 11.8 Å². The second-order valence-corrected chi connectivity index (χ2v) is 1.55. The van der Waals surface area contributed by atoms with E-state index in [0.29, 0.717) is 0 Å². The largest absolute Gasteiger partial charge is 0.477 e. The number of nitrogen functional groups attached to an aromatic ring is 1. The molecule has 0 aliphatic rings. The van der Waals surface area contributed by atoms with Crippen LogP contribution in [0, 0.1) is 6.20 Å². The van der Waals surface area contributed by atoms with Crippen molar-refractivity contribution in [2.24, 2.45) is 0 Å². The summed E-state index contributed by atoms with van der Waals surface area (Å²) in [5.41, 5.74) is 4.97. The highest BCUT2D eigenvalue weighted by Crippen LogP contribution is 2.02. The fourth-order valence-electron chi connectivity index (χ4n) is 0.464. The predicted octanol–water partition coefficient (Wildman–Crippen LogP) is -0.443. The maximum Gasteiger partial charge on any atom is 0.341 e. The molecule has 0 amide bonds. The number of rotatable bonds is 1. The zero-order chi connectivity index (χ0) is 7.56. The SMILES string of the molecule is Nc1ncn[c]c1C(=O)O. The molecule has 0 atom stereocenters. The maximum atomic E-state index is 10.2. The average molecular weight is 138 g/mol. The van der Waals surface area contributed by atoms with Crippen molar-refractivity contribution in [1.82, 2.24) is 9.97 Å². The molecular weight excluding hydrogens is 134 g/mol. The first-order valence-corrected chi connectivity index (χ1v) is 2.43. The standard InChI is InChI=1S/C5H4N3O2/c6-4-3(5(9)10)1-7-2-8-4/h2H,(H,9,10)(H2,6,7,8). The molecule has 51 valence electrons. The summed E-state index contributed by atoms with van der Waals surface area (Å²) in [5, 5.41) is 8.37. The number of hydrogen-bond donors (Lipinski definition) is 2. The van der Waals surface area contributed by atoms with E-state index in [1.54, 1.807) is 0 Å². The fraction of sp³-hybridized carbons (Fsp3) is 0. The van der Waals surface area contributed by atoms with Crippen molar-refractivity contribution < 1.29 is 9.90 Å². The number of hydrogen-bond acceptors (Lipinski definition) is 4. The Labute approximate surface area is 56.5 Å². The molecule has 5 heteroatoms. The highest BCUT2D eigenvalue weighted by molar-refractivity contribution is 5.91. The van der Waals surface area contributed by atoms with Crippen LogP contribution in [0.2, 0.25) is 0 Å². The summed E-state index contributed by atoms with van der Waals surface area (Å²) in [6.45, 7) is 0. The molecule has 0 bridgehead atoms. The number of carboxylic acid groups (broad SMARTS) is 1. The van der Waals surface area contributed by atoms with Crippen LogP contribution in [0.3, 0.4) is 0 Å². The van der Waals surface area contributed by atoms with Gasteiger partial charge in [-0.2, -0.15) is 0 Å². The van der Waals surface area contributed by atoms with E-state index in [1.807, 2.05) is 0 Å². The maximum absolute atomic E-state index is 10.2. The summed E-state index contributed by atoms with van der Waals surface area (Å²) in [7, 11) is 0. The molecule has 1 radical (unpaired) electrons. The third-order valence-electron chi connectivity index (χ3n) is 0.901. The number of aromatic nitrogens is 2. The van der Waals surface area contributed by atoms with Gasteiger partial charge in [0.25, 0.3) is 0 Å². The minimum Gasteiger partial charge on any atom is -0.477 e. The summed E-state index contributed by atoms with van der Waals surface area (Å²) in [6.07, 6.45) is 3.34. The van der Waals surface area contributed by atoms with Gasteiger partial charge in [-0.3, -0.25) is 0 Å². The highest BCUT2D eigenvalue weighted by atomic mass is 16.4. The molecule has 1 aromatic heterocycles. The van der Waals surface area contributed by atoms with Crippen molar-refractivity contribution in [1.29, 1.82) is 0 Å². The van der Waals surface area contributed by atoms with E-state index in [9.17, 15) is 4.79 Å². The van der Waals surface area contributed by atoms with E-state index in [2.05, 4.69) is 16.2 Å². The van der Waals surface area contributed by atoms with Crippen molar-refractivity contribution in [2.75, 3.05) is 5.73 Å². The van der Waals surface area contributed by atoms with Crippen LogP contribution < -0.4 is 5.73 Å². The first-order chi connectivity index (χ1) is 4.72. The number of nitrogens with zero attached hydrogens (tertiary/aromatic N) is 2. The number of aromatic carboxylic acids is 1. The van der Waals surface area contributed by atoms with E-state index < -0.39 is 5.97 Å². The number of carboxylic acids is 1. The van der Waals surface area contributed by atoms with E-state index in [-0.39, 0.29) is 11.4 Å². The Morgan fingerprint density at radius 2 is 2.50 bits per heavy atom. The number of anilines is 1. The molecule has 0 aliphatic carbocycles. The van der Waals surface area contributed by atoms with Crippen LogP contribution in [0.15, 0.2) is 6.33 Å². The van der Waals surface area contributed by atoms with Gasteiger partial charge in [0.2, 0.25) is 0 Å². The highest BCUT2D eigenvalue weighted by Gasteiger charge is 2.07. The molecule has 1 heterocycles. The number of carbonyl (C=O) groups is 1. The smallest absolute Gasteiger partial charge is 0.341 e. The van der Waals surface area contributed by atoms with E-state index in [0.717, 1.165) is 6.33 Å². The molecule has 0 saturated heterocycles. The Kier molecular flexibility index (Phi) is 1.49. The summed E-state index contributed by atoms with van der Waals surface area (Å²) in [6, 6.07) is 0. The van der Waals surface area contributed by atoms with Gasteiger partial charge in [0.1, 0.15) is 23.9 Å². The molecule has 5 nitrogen and oxygen atoms in total. The lowest BCUT2D eigenvalue weighted by molar-refractivity contribution is 0.0697. The lowest BCUT2D eigenvalue weighted by Crippen LogP contribution is -2.04. The van der Waals surface area contributed by atoms with Crippen LogP contribution in [0.1, 0.15) is 10.4 Å². The van der Waals surface area contributed by atoms with Crippen LogP contribution in [-0.4, -0.2) is 21.0 Å². The Morgan fingerprint density at radius 1 is 1.80 bits per heavy atom. The van der Waals surface area contributed by atoms with Crippen molar-refractivity contribution in [3.8, 4) is 0 Å². The molecular formula is C5H4N3O2. The second kappa shape index (κ2) is 2.30. The van der Waals surface area contributed by atoms with Crippen LogP contribution >= 0.6 is 0 Å². The van der Waals surface area contributed by atoms with Crippen LogP contribution in [0.4, 0.5) is 5.82 Å². The van der Waals surface area contributed by atoms with Crippen LogP contribution in [0.25, 0.3) is 0 Å². The summed E-state index contributed by atoms with van der Waals surface area (Å²) in [5.74, 6) is -1.24. The zero-order valence-electron chi connectivity index (χ0n) is 4.90. The monoisotopic (exact) mass is 138 g/mol. The average Bonchev–Trinajstić information content (AvgIpc) is 1.88. The Bertz CT molecular complexity index is 261. The quantitative estimate of drug-likeness (QED) is 0.549. The first-order valence-electron chi connectivity index (χ1n) is 2.43. The van der Waals surface area contributed by atoms with Gasteiger partial charge in [-0.25, -0.2) is 14.8 Å². The van der Waals surface area contributed by atoms with Crippen molar-refractivity contribution in [2.45, 2.75) is 0 Å². The molecule has 10 heavy (non-hydrogen) atoms. The van der Waals surface area contributed by atoms with Gasteiger partial charge in [0.05, 0.1) is 0 Å². The third-order valence-corrected chi connectivity index (χ3v) is 0.901. The van der Waals surface area contributed by atoms with Gasteiger partial charge in [-0.1, -0.05) is 0 Å². The van der Waals surface area contributed by atoms with Crippen molar-refractivity contribution in [3.05, 3.63) is 18.1 Å². The molecule has 0 aliphatic heterocycles. The van der Waals surface area contributed by atoms with Crippen LogP contribution in [-0.2, 0) is 0 Å². The topological polar surface area (TPSA) is 89.1 Å². The molecule has 1 rings (SSSR count). The van der Waals surface area contributed by atoms with Gasteiger partial charge in [-0.05, 0) is 0 Å². The summed E-state index contributed by atoms with van der Waals surface area (Å²) < 4.78 is 0. The van der Waals surface area contributed by atoms with E-state index >= 15 is 0 Å². The predicted molar refractivity (Wildman–Crippen MR) is 32.2 cm³/mol. The molecule has 3 N–H and O–H groups in total. The minimum absolute atomic E-state index is 0.0671. The Balaban J connectivity index is 3.15. The normalized spacial score (nSPS) is 9.20. The molecule has 0 unspecified atom stereocenters. The summed E-state index contributed by atoms with van der Waals surface area (Å²) >= 11 is 0. The van der Waals surface area contributed by atoms with E-state index in [4.69, 9.17) is 10.8 Å². The van der Waals surface area contributed by atoms with Gasteiger partial charge in [0, 0.05) is 0 Å². The number of nitrogens with two attached hydrogens (primary N) is 1. The lowest BCUT2D eigenvalue weighted by atomic mass is 10.3. The lowest BCUT2D eigenvalue weighted by Gasteiger charge is -1.93. The second-order valence-electron chi connectivity index (χ2n) is 1.55. The Hall–Kier alpha value is -1.65. The van der Waals surface area contributed by atoms with Gasteiger partial charge in [-0.15, -0.1) is 0 Å². The zero-order valence-corrected chi connectivity index (χ0v) is 4.90. The van der Waals surface area contributed by atoms with Gasteiger partial charge in [0.15, 0.2) is 0 Å².